The van der Waals surface area contributed by atoms with Gasteiger partial charge in [0.05, 0.1) is 5.02 Å². The van der Waals surface area contributed by atoms with Crippen LogP contribution in [0.15, 0.2) is 71.1 Å². The van der Waals surface area contributed by atoms with Crippen molar-refractivity contribution >= 4 is 29.4 Å². The molecule has 3 aromatic rings. The van der Waals surface area contributed by atoms with Crippen molar-refractivity contribution in [2.45, 2.75) is 13.0 Å². The SMILES string of the molecule is C[C@H](OC(=O)c1ccc(-c2ccccc2Cl)o1)C(=O)NNC(=O)c1ccccc1. The third-order valence-corrected chi connectivity index (χ3v) is 4.26. The second-order valence-electron chi connectivity index (χ2n) is 6.00. The maximum Gasteiger partial charge on any atom is 0.375 e. The van der Waals surface area contributed by atoms with Crippen LogP contribution in [-0.4, -0.2) is 23.9 Å². The summed E-state index contributed by atoms with van der Waals surface area (Å²) in [5.41, 5.74) is 5.47. The zero-order chi connectivity index (χ0) is 20.8. The molecule has 1 atom stereocenters. The summed E-state index contributed by atoms with van der Waals surface area (Å²) >= 11 is 6.11. The molecule has 29 heavy (non-hydrogen) atoms. The molecule has 0 fully saturated rings. The highest BCUT2D eigenvalue weighted by molar-refractivity contribution is 6.33. The Labute approximate surface area is 171 Å². The molecule has 148 valence electrons. The third-order valence-electron chi connectivity index (χ3n) is 3.93. The number of ether oxygens (including phenoxy) is 1. The minimum Gasteiger partial charge on any atom is -0.449 e. The summed E-state index contributed by atoms with van der Waals surface area (Å²) in [6, 6.07) is 18.4. The van der Waals surface area contributed by atoms with Crippen molar-refractivity contribution in [3.8, 4) is 11.3 Å². The summed E-state index contributed by atoms with van der Waals surface area (Å²) in [6.07, 6.45) is -1.16. The number of rotatable bonds is 5. The Bertz CT molecular complexity index is 1030. The lowest BCUT2D eigenvalue weighted by atomic mass is 10.2. The topological polar surface area (TPSA) is 97.6 Å². The minimum atomic E-state index is -1.16. The molecule has 2 amide bonds. The number of amides is 2. The molecule has 2 aromatic carbocycles. The van der Waals surface area contributed by atoms with E-state index in [2.05, 4.69) is 10.9 Å². The van der Waals surface area contributed by atoms with Gasteiger partial charge in [-0.05, 0) is 43.3 Å². The fraction of sp³-hybridized carbons (Fsp3) is 0.0952. The number of carbonyl (C=O) groups is 3. The number of halogens is 1. The summed E-state index contributed by atoms with van der Waals surface area (Å²) in [4.78, 5) is 36.2. The molecule has 2 N–H and O–H groups in total. The van der Waals surface area contributed by atoms with Crippen LogP contribution < -0.4 is 10.9 Å². The maximum absolute atomic E-state index is 12.2. The number of hydrogen-bond donors (Lipinski definition) is 2. The van der Waals surface area contributed by atoms with Gasteiger partial charge in [0.1, 0.15) is 5.76 Å². The predicted octanol–water partition coefficient (Wildman–Crippen LogP) is 3.61. The largest absolute Gasteiger partial charge is 0.449 e. The molecule has 1 aromatic heterocycles. The Morgan fingerprint density at radius 2 is 1.62 bits per heavy atom. The van der Waals surface area contributed by atoms with Crippen molar-refractivity contribution in [1.82, 2.24) is 10.9 Å². The summed E-state index contributed by atoms with van der Waals surface area (Å²) in [5, 5.41) is 0.476. The van der Waals surface area contributed by atoms with Crippen LogP contribution in [0.5, 0.6) is 0 Å². The van der Waals surface area contributed by atoms with Gasteiger partial charge in [-0.3, -0.25) is 20.4 Å². The first kappa shape index (κ1) is 20.2. The van der Waals surface area contributed by atoms with Gasteiger partial charge in [-0.1, -0.05) is 41.9 Å². The smallest absolute Gasteiger partial charge is 0.375 e. The van der Waals surface area contributed by atoms with Crippen LogP contribution in [0.3, 0.4) is 0 Å². The number of hydrazine groups is 1. The molecular formula is C21H17ClN2O5. The Morgan fingerprint density at radius 3 is 2.34 bits per heavy atom. The first-order valence-corrected chi connectivity index (χ1v) is 9.04. The molecule has 0 aliphatic rings. The molecule has 7 nitrogen and oxygen atoms in total. The molecule has 0 aliphatic heterocycles. The standard InChI is InChI=1S/C21H17ClN2O5/c1-13(19(25)23-24-20(26)14-7-3-2-4-8-14)28-21(27)18-12-11-17(29-18)15-9-5-6-10-16(15)22/h2-13H,1H3,(H,23,25)(H,24,26)/t13-/m0/s1. The van der Waals surface area contributed by atoms with Gasteiger partial charge in [0, 0.05) is 11.1 Å². The highest BCUT2D eigenvalue weighted by atomic mass is 35.5. The van der Waals surface area contributed by atoms with Gasteiger partial charge in [0.25, 0.3) is 11.8 Å². The molecule has 0 aliphatic carbocycles. The molecule has 0 radical (unpaired) electrons. The van der Waals surface area contributed by atoms with E-state index in [0.29, 0.717) is 21.9 Å². The fourth-order valence-electron chi connectivity index (χ4n) is 2.41. The first-order valence-electron chi connectivity index (χ1n) is 8.66. The Hall–Kier alpha value is -3.58. The summed E-state index contributed by atoms with van der Waals surface area (Å²) in [7, 11) is 0. The molecule has 0 spiro atoms. The second-order valence-corrected chi connectivity index (χ2v) is 6.41. The van der Waals surface area contributed by atoms with E-state index in [9.17, 15) is 14.4 Å². The van der Waals surface area contributed by atoms with Crippen LogP contribution in [0, 0.1) is 0 Å². The molecule has 0 unspecified atom stereocenters. The fourth-order valence-corrected chi connectivity index (χ4v) is 2.64. The van der Waals surface area contributed by atoms with E-state index >= 15 is 0 Å². The highest BCUT2D eigenvalue weighted by Gasteiger charge is 2.22. The lowest BCUT2D eigenvalue weighted by Crippen LogP contribution is -2.46. The first-order chi connectivity index (χ1) is 14.0. The van der Waals surface area contributed by atoms with Crippen LogP contribution in [0.4, 0.5) is 0 Å². The Morgan fingerprint density at radius 1 is 0.931 bits per heavy atom. The van der Waals surface area contributed by atoms with Gasteiger partial charge in [0.15, 0.2) is 6.10 Å². The normalized spacial score (nSPS) is 11.4. The van der Waals surface area contributed by atoms with E-state index in [1.54, 1.807) is 60.7 Å². The lowest BCUT2D eigenvalue weighted by Gasteiger charge is -2.13. The van der Waals surface area contributed by atoms with Crippen molar-refractivity contribution in [3.05, 3.63) is 83.1 Å². The van der Waals surface area contributed by atoms with Crippen molar-refractivity contribution in [3.63, 3.8) is 0 Å². The van der Waals surface area contributed by atoms with E-state index in [4.69, 9.17) is 20.8 Å². The minimum absolute atomic E-state index is 0.0760. The van der Waals surface area contributed by atoms with E-state index < -0.39 is 23.9 Å². The number of esters is 1. The third kappa shape index (κ3) is 5.03. The van der Waals surface area contributed by atoms with Crippen molar-refractivity contribution < 1.29 is 23.5 Å². The lowest BCUT2D eigenvalue weighted by molar-refractivity contribution is -0.129. The van der Waals surface area contributed by atoms with Gasteiger partial charge in [0.2, 0.25) is 5.76 Å². The van der Waals surface area contributed by atoms with E-state index in [-0.39, 0.29) is 5.76 Å². The van der Waals surface area contributed by atoms with Crippen LogP contribution >= 0.6 is 11.6 Å². The van der Waals surface area contributed by atoms with Gasteiger partial charge in [-0.15, -0.1) is 0 Å². The molecule has 0 saturated carbocycles. The molecule has 0 bridgehead atoms. The van der Waals surface area contributed by atoms with E-state index in [0.717, 1.165) is 0 Å². The quantitative estimate of drug-likeness (QED) is 0.493. The van der Waals surface area contributed by atoms with Crippen LogP contribution in [-0.2, 0) is 9.53 Å². The number of carbonyl (C=O) groups excluding carboxylic acids is 3. The maximum atomic E-state index is 12.2. The summed E-state index contributed by atoms with van der Waals surface area (Å²) < 4.78 is 10.6. The average molecular weight is 413 g/mol. The number of hydrogen-bond acceptors (Lipinski definition) is 5. The molecular weight excluding hydrogens is 396 g/mol. The van der Waals surface area contributed by atoms with Gasteiger partial charge in [-0.2, -0.15) is 0 Å². The van der Waals surface area contributed by atoms with Gasteiger partial charge >= 0.3 is 5.97 Å². The Kier molecular flexibility index (Phi) is 6.31. The summed E-state index contributed by atoms with van der Waals surface area (Å²) in [5.74, 6) is -1.68. The van der Waals surface area contributed by atoms with Gasteiger partial charge < -0.3 is 9.15 Å². The van der Waals surface area contributed by atoms with Crippen LogP contribution in [0.1, 0.15) is 27.8 Å². The van der Waals surface area contributed by atoms with Crippen LogP contribution in [0.2, 0.25) is 5.02 Å². The molecule has 3 rings (SSSR count). The zero-order valence-electron chi connectivity index (χ0n) is 15.3. The zero-order valence-corrected chi connectivity index (χ0v) is 16.1. The monoisotopic (exact) mass is 412 g/mol. The molecule has 0 saturated heterocycles. The van der Waals surface area contributed by atoms with E-state index in [1.165, 1.54) is 13.0 Å². The number of benzene rings is 2. The van der Waals surface area contributed by atoms with Crippen LogP contribution in [0.25, 0.3) is 11.3 Å². The van der Waals surface area contributed by atoms with Crippen molar-refractivity contribution in [1.29, 1.82) is 0 Å². The average Bonchev–Trinajstić information content (AvgIpc) is 3.22. The Balaban J connectivity index is 1.55. The van der Waals surface area contributed by atoms with Gasteiger partial charge in [-0.25, -0.2) is 4.79 Å². The molecule has 8 heteroatoms. The summed E-state index contributed by atoms with van der Waals surface area (Å²) in [6.45, 7) is 1.37. The van der Waals surface area contributed by atoms with Crippen molar-refractivity contribution in [2.75, 3.05) is 0 Å². The highest BCUT2D eigenvalue weighted by Crippen LogP contribution is 2.29. The predicted molar refractivity (Wildman–Crippen MR) is 106 cm³/mol. The number of furan rings is 1. The second kappa shape index (κ2) is 9.07. The molecule has 1 heterocycles. The number of nitrogens with one attached hydrogen (secondary N) is 2. The van der Waals surface area contributed by atoms with E-state index in [1.807, 2.05) is 0 Å². The van der Waals surface area contributed by atoms with Crippen molar-refractivity contribution in [2.24, 2.45) is 0 Å².